The first-order chi connectivity index (χ1) is 5.83. The molecule has 0 unspecified atom stereocenters. The standard InChI is InChI=1S/C8H14NO3/c1-2-12-8(10)7-9-3-5-11-6-4-9/h1-7H2. The summed E-state index contributed by atoms with van der Waals surface area (Å²) in [4.78, 5) is 13.0. The minimum atomic E-state index is -0.202. The van der Waals surface area contributed by atoms with E-state index in [2.05, 4.69) is 6.92 Å². The fourth-order valence-electron chi connectivity index (χ4n) is 1.10. The molecule has 0 saturated carbocycles. The Bertz CT molecular complexity index is 143. The number of ether oxygens (including phenoxy) is 2. The maximum Gasteiger partial charge on any atom is 0.320 e. The topological polar surface area (TPSA) is 38.8 Å². The lowest BCUT2D eigenvalue weighted by atomic mass is 10.4. The zero-order valence-corrected chi connectivity index (χ0v) is 7.12. The van der Waals surface area contributed by atoms with Crippen LogP contribution in [0.25, 0.3) is 0 Å². The second-order valence-corrected chi connectivity index (χ2v) is 2.61. The SMILES string of the molecule is [CH2]COC(=O)CN1CCOCC1. The van der Waals surface area contributed by atoms with Gasteiger partial charge in [-0.15, -0.1) is 0 Å². The van der Waals surface area contributed by atoms with Crippen molar-refractivity contribution in [1.82, 2.24) is 4.90 Å². The van der Waals surface area contributed by atoms with Crippen LogP contribution in [0, 0.1) is 6.92 Å². The van der Waals surface area contributed by atoms with E-state index in [1.165, 1.54) is 0 Å². The van der Waals surface area contributed by atoms with Gasteiger partial charge < -0.3 is 9.47 Å². The molecule has 69 valence electrons. The highest BCUT2D eigenvalue weighted by Crippen LogP contribution is 1.96. The van der Waals surface area contributed by atoms with Gasteiger partial charge in [-0.3, -0.25) is 9.69 Å². The van der Waals surface area contributed by atoms with Gasteiger partial charge in [0.15, 0.2) is 0 Å². The van der Waals surface area contributed by atoms with Crippen LogP contribution in [-0.4, -0.2) is 50.3 Å². The van der Waals surface area contributed by atoms with Crippen molar-refractivity contribution in [3.63, 3.8) is 0 Å². The zero-order valence-electron chi connectivity index (χ0n) is 7.12. The van der Waals surface area contributed by atoms with E-state index in [1.807, 2.05) is 4.90 Å². The van der Waals surface area contributed by atoms with Gasteiger partial charge in [0.2, 0.25) is 0 Å². The summed E-state index contributed by atoms with van der Waals surface area (Å²) in [6.45, 7) is 7.04. The molecule has 1 radical (unpaired) electrons. The van der Waals surface area contributed by atoms with Crippen molar-refractivity contribution in [2.75, 3.05) is 39.5 Å². The number of morpholine rings is 1. The molecule has 0 aromatic heterocycles. The summed E-state index contributed by atoms with van der Waals surface area (Å²) in [6.07, 6.45) is 0. The second-order valence-electron chi connectivity index (χ2n) is 2.61. The molecule has 4 nitrogen and oxygen atoms in total. The van der Waals surface area contributed by atoms with E-state index in [-0.39, 0.29) is 12.6 Å². The molecule has 4 heteroatoms. The molecule has 0 aromatic carbocycles. The predicted octanol–water partition coefficient (Wildman–Crippen LogP) is -0.304. The van der Waals surface area contributed by atoms with Gasteiger partial charge in [-0.1, -0.05) is 0 Å². The van der Waals surface area contributed by atoms with Gasteiger partial charge in [-0.2, -0.15) is 0 Å². The largest absolute Gasteiger partial charge is 0.465 e. The second kappa shape index (κ2) is 5.11. The van der Waals surface area contributed by atoms with Crippen LogP contribution < -0.4 is 0 Å². The van der Waals surface area contributed by atoms with E-state index in [0.717, 1.165) is 13.1 Å². The Balaban J connectivity index is 2.15. The van der Waals surface area contributed by atoms with Crippen LogP contribution in [0.3, 0.4) is 0 Å². The number of hydrogen-bond acceptors (Lipinski definition) is 4. The average Bonchev–Trinajstić information content (AvgIpc) is 2.06. The molecule has 1 saturated heterocycles. The summed E-state index contributed by atoms with van der Waals surface area (Å²) in [6, 6.07) is 0. The number of nitrogens with zero attached hydrogens (tertiary/aromatic N) is 1. The molecule has 1 rings (SSSR count). The quantitative estimate of drug-likeness (QED) is 0.548. The molecule has 1 aliphatic rings. The predicted molar refractivity (Wildman–Crippen MR) is 43.6 cm³/mol. The Morgan fingerprint density at radius 2 is 2.17 bits per heavy atom. The molecule has 0 aromatic rings. The van der Waals surface area contributed by atoms with Crippen LogP contribution in [0.15, 0.2) is 0 Å². The lowest BCUT2D eigenvalue weighted by Gasteiger charge is -2.25. The summed E-state index contributed by atoms with van der Waals surface area (Å²) >= 11 is 0. The molecule has 0 N–H and O–H groups in total. The van der Waals surface area contributed by atoms with E-state index in [4.69, 9.17) is 9.47 Å². The van der Waals surface area contributed by atoms with Gasteiger partial charge in [0, 0.05) is 13.1 Å². The molecule has 1 heterocycles. The number of carbonyl (C=O) groups excluding carboxylic acids is 1. The van der Waals surface area contributed by atoms with Crippen molar-refractivity contribution in [2.24, 2.45) is 0 Å². The van der Waals surface area contributed by atoms with Gasteiger partial charge in [-0.25, -0.2) is 0 Å². The lowest BCUT2D eigenvalue weighted by Crippen LogP contribution is -2.40. The van der Waals surface area contributed by atoms with Crippen molar-refractivity contribution >= 4 is 5.97 Å². The van der Waals surface area contributed by atoms with Crippen LogP contribution >= 0.6 is 0 Å². The first-order valence-electron chi connectivity index (χ1n) is 4.08. The van der Waals surface area contributed by atoms with Crippen molar-refractivity contribution in [3.8, 4) is 0 Å². The third-order valence-electron chi connectivity index (χ3n) is 1.72. The maximum atomic E-state index is 11.0. The van der Waals surface area contributed by atoms with Crippen molar-refractivity contribution in [1.29, 1.82) is 0 Å². The van der Waals surface area contributed by atoms with E-state index < -0.39 is 0 Å². The lowest BCUT2D eigenvalue weighted by molar-refractivity contribution is -0.144. The van der Waals surface area contributed by atoms with E-state index in [9.17, 15) is 4.79 Å². The third-order valence-corrected chi connectivity index (χ3v) is 1.72. The molecule has 0 bridgehead atoms. The fourth-order valence-corrected chi connectivity index (χ4v) is 1.10. The van der Waals surface area contributed by atoms with Crippen LogP contribution in [0.1, 0.15) is 0 Å². The Morgan fingerprint density at radius 1 is 1.50 bits per heavy atom. The summed E-state index contributed by atoms with van der Waals surface area (Å²) in [7, 11) is 0. The first kappa shape index (κ1) is 9.48. The first-order valence-corrected chi connectivity index (χ1v) is 4.08. The molecule has 0 amide bonds. The van der Waals surface area contributed by atoms with E-state index >= 15 is 0 Å². The Morgan fingerprint density at radius 3 is 2.75 bits per heavy atom. The number of esters is 1. The Labute approximate surface area is 72.4 Å². The molecule has 0 atom stereocenters. The maximum absolute atomic E-state index is 11.0. The van der Waals surface area contributed by atoms with Gasteiger partial charge in [0.05, 0.1) is 26.4 Å². The van der Waals surface area contributed by atoms with Gasteiger partial charge >= 0.3 is 5.97 Å². The molecule has 0 aliphatic carbocycles. The van der Waals surface area contributed by atoms with Crippen molar-refractivity contribution < 1.29 is 14.3 Å². The molecular formula is C8H14NO3. The fraction of sp³-hybridized carbons (Fsp3) is 0.750. The van der Waals surface area contributed by atoms with E-state index in [1.54, 1.807) is 0 Å². The number of hydrogen-bond donors (Lipinski definition) is 0. The van der Waals surface area contributed by atoms with Gasteiger partial charge in [0.1, 0.15) is 0 Å². The highest BCUT2D eigenvalue weighted by molar-refractivity contribution is 5.71. The Kier molecular flexibility index (Phi) is 4.04. The number of rotatable bonds is 3. The highest BCUT2D eigenvalue weighted by atomic mass is 16.5. The normalized spacial score (nSPS) is 19.1. The van der Waals surface area contributed by atoms with Crippen LogP contribution in [0.2, 0.25) is 0 Å². The van der Waals surface area contributed by atoms with Gasteiger partial charge in [0.25, 0.3) is 0 Å². The summed E-state index contributed by atoms with van der Waals surface area (Å²) in [5, 5.41) is 0. The summed E-state index contributed by atoms with van der Waals surface area (Å²) < 4.78 is 9.85. The van der Waals surface area contributed by atoms with Crippen molar-refractivity contribution in [2.45, 2.75) is 0 Å². The minimum Gasteiger partial charge on any atom is -0.465 e. The average molecular weight is 172 g/mol. The molecule has 0 spiro atoms. The third kappa shape index (κ3) is 3.19. The highest BCUT2D eigenvalue weighted by Gasteiger charge is 2.13. The summed E-state index contributed by atoms with van der Waals surface area (Å²) in [5.74, 6) is -0.202. The zero-order chi connectivity index (χ0) is 8.81. The number of carbonyl (C=O) groups is 1. The molecule has 1 aliphatic heterocycles. The monoisotopic (exact) mass is 172 g/mol. The molecular weight excluding hydrogens is 158 g/mol. The van der Waals surface area contributed by atoms with Crippen LogP contribution in [-0.2, 0) is 14.3 Å². The molecule has 1 fully saturated rings. The van der Waals surface area contributed by atoms with Crippen molar-refractivity contribution in [3.05, 3.63) is 6.92 Å². The smallest absolute Gasteiger partial charge is 0.320 e. The van der Waals surface area contributed by atoms with Crippen LogP contribution in [0.5, 0.6) is 0 Å². The van der Waals surface area contributed by atoms with Gasteiger partial charge in [-0.05, 0) is 6.92 Å². The minimum absolute atomic E-state index is 0.202. The Hall–Kier alpha value is -0.610. The van der Waals surface area contributed by atoms with E-state index in [0.29, 0.717) is 19.8 Å². The van der Waals surface area contributed by atoms with Crippen LogP contribution in [0.4, 0.5) is 0 Å². The molecule has 12 heavy (non-hydrogen) atoms. The summed E-state index contributed by atoms with van der Waals surface area (Å²) in [5.41, 5.74) is 0.